The lowest BCUT2D eigenvalue weighted by Crippen LogP contribution is -2.44. The predicted octanol–water partition coefficient (Wildman–Crippen LogP) is 5.34. The molecule has 1 fully saturated rings. The van der Waals surface area contributed by atoms with E-state index in [1.807, 2.05) is 19.1 Å². The molecule has 40 heavy (non-hydrogen) atoms. The van der Waals surface area contributed by atoms with E-state index in [9.17, 15) is 14.4 Å². The number of nitrogens with zero attached hydrogens (tertiary/aromatic N) is 1. The van der Waals surface area contributed by atoms with Gasteiger partial charge in [-0.3, -0.25) is 4.79 Å². The molecule has 3 aromatic carbocycles. The second-order valence-electron chi connectivity index (χ2n) is 9.39. The number of rotatable bonds is 9. The number of carbonyl (C=O) groups excluding carboxylic acids is 3. The largest absolute Gasteiger partial charge is 0.495 e. The van der Waals surface area contributed by atoms with E-state index in [0.717, 1.165) is 11.1 Å². The minimum absolute atomic E-state index is 0.0889. The van der Waals surface area contributed by atoms with E-state index in [-0.39, 0.29) is 18.1 Å². The van der Waals surface area contributed by atoms with Gasteiger partial charge in [0.25, 0.3) is 6.36 Å². The van der Waals surface area contributed by atoms with Gasteiger partial charge in [0.05, 0.1) is 37.9 Å². The van der Waals surface area contributed by atoms with E-state index in [1.165, 1.54) is 43.4 Å². The number of methoxy groups -OCH3 is 2. The third kappa shape index (κ3) is 6.88. The minimum atomic E-state index is -1.72. The van der Waals surface area contributed by atoms with Crippen molar-refractivity contribution in [2.75, 3.05) is 31.4 Å². The normalized spacial score (nSPS) is 15.2. The molecule has 1 aliphatic rings. The van der Waals surface area contributed by atoms with Gasteiger partial charge in [-0.15, -0.1) is 0 Å². The molecule has 0 aromatic heterocycles. The van der Waals surface area contributed by atoms with Gasteiger partial charge in [0, 0.05) is 12.2 Å². The number of aryl methyl sites for hydroxylation is 1. The van der Waals surface area contributed by atoms with Gasteiger partial charge in [0.2, 0.25) is 5.91 Å². The number of esters is 1. The quantitative estimate of drug-likeness (QED) is 0.349. The van der Waals surface area contributed by atoms with Gasteiger partial charge in [0.1, 0.15) is 11.5 Å². The number of nitrogens with one attached hydrogen (secondary N) is 2. The van der Waals surface area contributed by atoms with Crippen molar-refractivity contribution in [2.45, 2.75) is 38.6 Å². The second kappa shape index (κ2) is 13.0. The van der Waals surface area contributed by atoms with Crippen LogP contribution in [0.25, 0.3) is 0 Å². The number of hydrogen-bond donors (Lipinski definition) is 2. The van der Waals surface area contributed by atoms with E-state index in [0.29, 0.717) is 42.1 Å². The molecule has 1 aliphatic heterocycles. The highest BCUT2D eigenvalue weighted by Crippen LogP contribution is 2.27. The summed E-state index contributed by atoms with van der Waals surface area (Å²) < 4.78 is 30.5. The van der Waals surface area contributed by atoms with Crippen LogP contribution in [0.2, 0.25) is 0 Å². The highest BCUT2D eigenvalue weighted by atomic mass is 19.1. The van der Waals surface area contributed by atoms with E-state index in [2.05, 4.69) is 15.4 Å². The summed E-state index contributed by atoms with van der Waals surface area (Å²) in [6.07, 6.45) is -0.474. The van der Waals surface area contributed by atoms with Crippen LogP contribution in [-0.4, -0.2) is 56.0 Å². The first kappa shape index (κ1) is 28.4. The van der Waals surface area contributed by atoms with Crippen molar-refractivity contribution in [3.05, 3.63) is 83.4 Å². The van der Waals surface area contributed by atoms with Crippen molar-refractivity contribution in [1.82, 2.24) is 4.90 Å². The van der Waals surface area contributed by atoms with E-state index in [1.54, 1.807) is 30.3 Å². The van der Waals surface area contributed by atoms with Gasteiger partial charge in [-0.25, -0.2) is 9.59 Å². The van der Waals surface area contributed by atoms with Crippen molar-refractivity contribution in [3.63, 3.8) is 0 Å². The molecule has 3 aromatic rings. The Morgan fingerprint density at radius 2 is 1.73 bits per heavy atom. The molecule has 1 saturated heterocycles. The van der Waals surface area contributed by atoms with Crippen LogP contribution in [0.1, 0.15) is 34.3 Å². The molecule has 0 spiro atoms. The number of hydrogen-bond acceptors (Lipinski definition) is 6. The summed E-state index contributed by atoms with van der Waals surface area (Å²) in [5.74, 6) is 0.101. The van der Waals surface area contributed by atoms with Gasteiger partial charge in [-0.1, -0.05) is 24.3 Å². The molecule has 4 rings (SSSR count). The van der Waals surface area contributed by atoms with Crippen LogP contribution < -0.4 is 20.1 Å². The van der Waals surface area contributed by atoms with Crippen LogP contribution in [-0.2, 0) is 16.0 Å². The van der Waals surface area contributed by atoms with Crippen LogP contribution in [0.5, 0.6) is 11.5 Å². The fourth-order valence-electron chi connectivity index (χ4n) is 4.65. The molecular formula is C30H32FN3O6. The molecule has 0 bridgehead atoms. The zero-order valence-corrected chi connectivity index (χ0v) is 22.6. The Labute approximate surface area is 232 Å². The number of alkyl halides is 1. The zero-order chi connectivity index (χ0) is 28.6. The molecule has 0 aliphatic carbocycles. The molecule has 9 nitrogen and oxygen atoms in total. The monoisotopic (exact) mass is 549 g/mol. The molecule has 0 saturated carbocycles. The zero-order valence-electron chi connectivity index (χ0n) is 22.6. The van der Waals surface area contributed by atoms with Crippen LogP contribution in [0.15, 0.2) is 66.7 Å². The van der Waals surface area contributed by atoms with Gasteiger partial charge < -0.3 is 29.7 Å². The topological polar surface area (TPSA) is 106 Å². The molecule has 2 atom stereocenters. The number of halogens is 1. The molecule has 2 N–H and O–H groups in total. The number of urea groups is 1. The van der Waals surface area contributed by atoms with Crippen molar-refractivity contribution in [1.29, 1.82) is 0 Å². The van der Waals surface area contributed by atoms with Crippen LogP contribution in [0, 0.1) is 6.92 Å². The summed E-state index contributed by atoms with van der Waals surface area (Å²) in [5.41, 5.74) is 2.99. The average Bonchev–Trinajstić information content (AvgIpc) is 3.45. The summed E-state index contributed by atoms with van der Waals surface area (Å²) in [7, 11) is 2.81. The molecule has 210 valence electrons. The minimum Gasteiger partial charge on any atom is -0.495 e. The molecule has 0 radical (unpaired) electrons. The fraction of sp³-hybridized carbons (Fsp3) is 0.300. The van der Waals surface area contributed by atoms with Gasteiger partial charge in [-0.05, 0) is 73.4 Å². The first-order chi connectivity index (χ1) is 19.3. The van der Waals surface area contributed by atoms with Crippen molar-refractivity contribution in [2.24, 2.45) is 0 Å². The summed E-state index contributed by atoms with van der Waals surface area (Å²) in [6, 6.07) is 17.3. The number of carbonyl (C=O) groups is 3. The Balaban J connectivity index is 1.34. The van der Waals surface area contributed by atoms with Gasteiger partial charge in [-0.2, -0.15) is 4.39 Å². The smallest absolute Gasteiger partial charge is 0.337 e. The maximum Gasteiger partial charge on any atom is 0.337 e. The first-order valence-electron chi connectivity index (χ1n) is 12.9. The predicted molar refractivity (Wildman–Crippen MR) is 149 cm³/mol. The van der Waals surface area contributed by atoms with Gasteiger partial charge in [0.15, 0.2) is 0 Å². The number of anilines is 2. The summed E-state index contributed by atoms with van der Waals surface area (Å²) in [5, 5.41) is 5.57. The molecule has 1 unspecified atom stereocenters. The molecule has 1 heterocycles. The lowest BCUT2D eigenvalue weighted by molar-refractivity contribution is -0.135. The third-order valence-electron chi connectivity index (χ3n) is 6.70. The van der Waals surface area contributed by atoms with E-state index in [4.69, 9.17) is 9.47 Å². The maximum atomic E-state index is 15.1. The SMILES string of the molecule is COC(=O)c1ccc(OC(F)[C@@H]2CCCN2C(=O)Cc2ccc(NC(=O)Nc3ccccc3OC)c(C)c2)cc1. The lowest BCUT2D eigenvalue weighted by atomic mass is 10.1. The Kier molecular flexibility index (Phi) is 9.21. The first-order valence-corrected chi connectivity index (χ1v) is 12.9. The summed E-state index contributed by atoms with van der Waals surface area (Å²) in [6.45, 7) is 2.28. The Bertz CT molecular complexity index is 1360. The number of ether oxygens (including phenoxy) is 3. The Hall–Kier alpha value is -4.60. The molecule has 3 amide bonds. The van der Waals surface area contributed by atoms with Crippen molar-refractivity contribution in [3.8, 4) is 11.5 Å². The van der Waals surface area contributed by atoms with E-state index < -0.39 is 24.4 Å². The third-order valence-corrected chi connectivity index (χ3v) is 6.70. The Morgan fingerprint density at radius 3 is 2.42 bits per heavy atom. The van der Waals surface area contributed by atoms with Crippen molar-refractivity contribution < 1.29 is 33.0 Å². The number of likely N-dealkylation sites (tertiary alicyclic amines) is 1. The van der Waals surface area contributed by atoms with Crippen LogP contribution >= 0.6 is 0 Å². The fourth-order valence-corrected chi connectivity index (χ4v) is 4.65. The summed E-state index contributed by atoms with van der Waals surface area (Å²) in [4.78, 5) is 38.8. The van der Waals surface area contributed by atoms with Crippen LogP contribution in [0.3, 0.4) is 0 Å². The highest BCUT2D eigenvalue weighted by molar-refractivity contribution is 6.01. The number of benzene rings is 3. The van der Waals surface area contributed by atoms with Gasteiger partial charge >= 0.3 is 12.0 Å². The molecule has 10 heteroatoms. The van der Waals surface area contributed by atoms with Crippen LogP contribution in [0.4, 0.5) is 20.6 Å². The summed E-state index contributed by atoms with van der Waals surface area (Å²) >= 11 is 0. The second-order valence-corrected chi connectivity index (χ2v) is 9.39. The lowest BCUT2D eigenvalue weighted by Gasteiger charge is -2.27. The standard InChI is InChI=1S/C30H32FN3O6/c1-19-17-20(10-15-23(19)32-30(37)33-24-7-4-5-9-26(24)38-2)18-27(35)34-16-6-8-25(34)28(31)40-22-13-11-21(12-14-22)29(36)39-3/h4-5,7,9-15,17,25,28H,6,8,16,18H2,1-3H3,(H2,32,33,37)/t25-,28?/m0/s1. The van der Waals surface area contributed by atoms with Crippen molar-refractivity contribution >= 4 is 29.3 Å². The van der Waals surface area contributed by atoms with E-state index >= 15 is 4.39 Å². The number of amides is 3. The number of para-hydroxylation sites is 2. The maximum absolute atomic E-state index is 15.1. The Morgan fingerprint density at radius 1 is 1.00 bits per heavy atom. The average molecular weight is 550 g/mol. The highest BCUT2D eigenvalue weighted by Gasteiger charge is 2.36. The molecular weight excluding hydrogens is 517 g/mol.